The number of rotatable bonds is 7. The number of anilines is 1. The Labute approximate surface area is 194 Å². The Kier molecular flexibility index (Phi) is 6.16. The van der Waals surface area contributed by atoms with Crippen LogP contribution in [-0.2, 0) is 14.4 Å². The van der Waals surface area contributed by atoms with Gasteiger partial charge in [-0.2, -0.15) is 0 Å². The molecule has 2 aliphatic heterocycles. The van der Waals surface area contributed by atoms with Gasteiger partial charge in [-0.3, -0.25) is 14.5 Å². The summed E-state index contributed by atoms with van der Waals surface area (Å²) in [6.45, 7) is 0. The quantitative estimate of drug-likeness (QED) is 0.356. The van der Waals surface area contributed by atoms with E-state index in [1.165, 1.54) is 28.6 Å². The standard InChI is InChI=1S/C14H10ClN7O5S4/c15-8-4(19-13(16)31-8)5(21-27)9(23)18-6-10(24)22-7(12(25)26)3(1-28-11(6)22)30-14-20-17-2-29-14/h2,5-6,11H,1H2,(H2,16,19)(H,18,23)(H,25,26)/t5?,6-,11?/m1/s1. The van der Waals surface area contributed by atoms with Crippen LogP contribution in [0.25, 0.3) is 0 Å². The molecule has 2 amide bonds. The van der Waals surface area contributed by atoms with E-state index in [1.807, 2.05) is 0 Å². The average molecular weight is 520 g/mol. The molecule has 2 unspecified atom stereocenters. The molecule has 17 heteroatoms. The molecule has 4 heterocycles. The summed E-state index contributed by atoms with van der Waals surface area (Å²) in [4.78, 5) is 53.8. The number of thioether (sulfide) groups is 2. The second-order valence-corrected chi connectivity index (χ2v) is 10.9. The number of hydrogen-bond acceptors (Lipinski definition) is 13. The fraction of sp³-hybridized carbons (Fsp3) is 0.286. The number of fused-ring (bicyclic) bond motifs is 1. The molecule has 1 fully saturated rings. The monoisotopic (exact) mass is 519 g/mol. The van der Waals surface area contributed by atoms with Crippen LogP contribution in [0.4, 0.5) is 5.13 Å². The number of aliphatic carboxylic acids is 1. The highest BCUT2D eigenvalue weighted by Gasteiger charge is 2.55. The predicted octanol–water partition coefficient (Wildman–Crippen LogP) is 1.53. The first kappa shape index (κ1) is 21.9. The number of nitroso groups, excluding NO2 is 1. The summed E-state index contributed by atoms with van der Waals surface area (Å²) in [5, 5.41) is 21.9. The van der Waals surface area contributed by atoms with Crippen LogP contribution in [0.1, 0.15) is 11.7 Å². The van der Waals surface area contributed by atoms with Crippen molar-refractivity contribution in [1.29, 1.82) is 0 Å². The molecule has 31 heavy (non-hydrogen) atoms. The van der Waals surface area contributed by atoms with E-state index in [0.29, 0.717) is 9.24 Å². The lowest BCUT2D eigenvalue weighted by Crippen LogP contribution is -2.70. The van der Waals surface area contributed by atoms with E-state index < -0.39 is 35.2 Å². The lowest BCUT2D eigenvalue weighted by molar-refractivity contribution is -0.150. The molecule has 0 spiro atoms. The molecule has 0 aromatic carbocycles. The van der Waals surface area contributed by atoms with E-state index in [1.54, 1.807) is 0 Å². The van der Waals surface area contributed by atoms with Gasteiger partial charge in [0, 0.05) is 10.7 Å². The maximum absolute atomic E-state index is 12.7. The molecule has 2 aromatic heterocycles. The van der Waals surface area contributed by atoms with E-state index in [0.717, 1.165) is 28.0 Å². The molecule has 12 nitrogen and oxygen atoms in total. The highest BCUT2D eigenvalue weighted by atomic mass is 35.5. The number of thiazole rings is 1. The number of amides is 2. The van der Waals surface area contributed by atoms with E-state index >= 15 is 0 Å². The number of carbonyl (C=O) groups is 3. The molecule has 2 aromatic rings. The lowest BCUT2D eigenvalue weighted by Gasteiger charge is -2.49. The maximum atomic E-state index is 12.7. The van der Waals surface area contributed by atoms with Crippen molar-refractivity contribution in [3.8, 4) is 0 Å². The topological polar surface area (TPSA) is 181 Å². The van der Waals surface area contributed by atoms with E-state index in [4.69, 9.17) is 17.3 Å². The van der Waals surface area contributed by atoms with Crippen LogP contribution in [0, 0.1) is 4.91 Å². The molecule has 0 aliphatic carbocycles. The molecule has 3 atom stereocenters. The Bertz CT molecular complexity index is 1110. The minimum Gasteiger partial charge on any atom is -0.477 e. The van der Waals surface area contributed by atoms with Gasteiger partial charge in [0.1, 0.15) is 32.7 Å². The van der Waals surface area contributed by atoms with Crippen LogP contribution in [-0.4, -0.2) is 60.1 Å². The summed E-state index contributed by atoms with van der Waals surface area (Å²) in [7, 11) is 0. The molecular formula is C14H10ClN7O5S4. The van der Waals surface area contributed by atoms with Gasteiger partial charge in [0.25, 0.3) is 11.8 Å². The number of carbonyl (C=O) groups excluding carboxylic acids is 2. The zero-order valence-electron chi connectivity index (χ0n) is 14.9. The van der Waals surface area contributed by atoms with Crippen molar-refractivity contribution in [3.63, 3.8) is 0 Å². The Balaban J connectivity index is 1.52. The summed E-state index contributed by atoms with van der Waals surface area (Å²) in [5.41, 5.74) is 6.79. The van der Waals surface area contributed by atoms with E-state index in [9.17, 15) is 24.4 Å². The highest BCUT2D eigenvalue weighted by molar-refractivity contribution is 8.07. The summed E-state index contributed by atoms with van der Waals surface area (Å²) in [5.74, 6) is -2.48. The number of nitrogen functional groups attached to an aromatic ring is 1. The van der Waals surface area contributed by atoms with Crippen molar-refractivity contribution in [3.05, 3.63) is 31.1 Å². The number of nitrogens with zero attached hydrogens (tertiary/aromatic N) is 5. The molecule has 2 aliphatic rings. The number of carboxylic acid groups (broad SMARTS) is 1. The molecule has 162 valence electrons. The van der Waals surface area contributed by atoms with Gasteiger partial charge in [0.2, 0.25) is 6.04 Å². The van der Waals surface area contributed by atoms with Crippen molar-refractivity contribution >= 4 is 80.7 Å². The smallest absolute Gasteiger partial charge is 0.353 e. The fourth-order valence-electron chi connectivity index (χ4n) is 2.93. The van der Waals surface area contributed by atoms with Crippen LogP contribution in [0.3, 0.4) is 0 Å². The second-order valence-electron chi connectivity index (χ2n) is 6.00. The normalized spacial score (nSPS) is 21.3. The molecule has 4 N–H and O–H groups in total. The SMILES string of the molecule is Nc1nc(C(N=O)C(=O)N[C@@H]2C(=O)N3C(C(=O)O)=C(Sc4nncs4)CSC23)c(Cl)s1. The van der Waals surface area contributed by atoms with Gasteiger partial charge >= 0.3 is 5.97 Å². The van der Waals surface area contributed by atoms with Crippen molar-refractivity contribution in [2.45, 2.75) is 21.8 Å². The van der Waals surface area contributed by atoms with Crippen LogP contribution in [0.5, 0.6) is 0 Å². The minimum absolute atomic E-state index is 0.0419. The van der Waals surface area contributed by atoms with Crippen molar-refractivity contribution in [2.24, 2.45) is 5.18 Å². The second kappa shape index (κ2) is 8.70. The summed E-state index contributed by atoms with van der Waals surface area (Å²) >= 11 is 10.5. The van der Waals surface area contributed by atoms with Gasteiger partial charge in [0.05, 0.1) is 0 Å². The number of β-lactam (4-membered cyclic amide) rings is 1. The lowest BCUT2D eigenvalue weighted by atomic mass is 10.0. The summed E-state index contributed by atoms with van der Waals surface area (Å²) in [6.07, 6.45) is 0. The van der Waals surface area contributed by atoms with Crippen molar-refractivity contribution in [1.82, 2.24) is 25.4 Å². The van der Waals surface area contributed by atoms with Gasteiger partial charge in [-0.1, -0.05) is 46.0 Å². The number of nitrogens with two attached hydrogens (primary N) is 1. The van der Waals surface area contributed by atoms with Crippen molar-refractivity contribution < 1.29 is 19.5 Å². The van der Waals surface area contributed by atoms with Gasteiger partial charge in [-0.05, 0) is 5.18 Å². The Hall–Kier alpha value is -2.27. The van der Waals surface area contributed by atoms with Gasteiger partial charge in [-0.15, -0.1) is 26.9 Å². The number of aromatic nitrogens is 3. The summed E-state index contributed by atoms with van der Waals surface area (Å²) in [6, 6.07) is -2.62. The molecule has 0 saturated carbocycles. The Morgan fingerprint density at radius 3 is 2.84 bits per heavy atom. The van der Waals surface area contributed by atoms with Crippen molar-refractivity contribution in [2.75, 3.05) is 11.5 Å². The van der Waals surface area contributed by atoms with Crippen LogP contribution in [0.2, 0.25) is 4.34 Å². The fourth-order valence-corrected chi connectivity index (χ4v) is 7.02. The van der Waals surface area contributed by atoms with Crippen LogP contribution in [0.15, 0.2) is 25.6 Å². The predicted molar refractivity (Wildman–Crippen MR) is 116 cm³/mol. The first-order valence-corrected chi connectivity index (χ1v) is 12.2. The van der Waals surface area contributed by atoms with E-state index in [2.05, 4.69) is 25.7 Å². The number of hydrogen-bond donors (Lipinski definition) is 3. The van der Waals surface area contributed by atoms with Crippen LogP contribution >= 0.6 is 57.8 Å². The highest BCUT2D eigenvalue weighted by Crippen LogP contribution is 2.45. The Morgan fingerprint density at radius 1 is 1.48 bits per heavy atom. The minimum atomic E-state index is -1.59. The molecule has 4 rings (SSSR count). The number of nitrogens with one attached hydrogen (secondary N) is 1. The molecule has 0 bridgehead atoms. The molecular weight excluding hydrogens is 510 g/mol. The van der Waals surface area contributed by atoms with E-state index in [-0.39, 0.29) is 26.6 Å². The van der Waals surface area contributed by atoms with Gasteiger partial charge in [-0.25, -0.2) is 9.78 Å². The largest absolute Gasteiger partial charge is 0.477 e. The third-order valence-corrected chi connectivity index (χ3v) is 8.66. The first-order chi connectivity index (χ1) is 14.8. The zero-order valence-corrected chi connectivity index (χ0v) is 18.9. The first-order valence-electron chi connectivity index (χ1n) is 8.21. The molecule has 0 radical (unpaired) electrons. The van der Waals surface area contributed by atoms with Crippen LogP contribution < -0.4 is 11.1 Å². The third kappa shape index (κ3) is 4.00. The third-order valence-electron chi connectivity index (χ3n) is 4.22. The average Bonchev–Trinajstić information content (AvgIpc) is 3.35. The summed E-state index contributed by atoms with van der Waals surface area (Å²) < 4.78 is 0.588. The number of carboxylic acids is 1. The zero-order chi connectivity index (χ0) is 22.3. The maximum Gasteiger partial charge on any atom is 0.353 e. The Morgan fingerprint density at radius 2 is 2.26 bits per heavy atom. The number of halogens is 1. The van der Waals surface area contributed by atoms with Gasteiger partial charge in [0.15, 0.2) is 9.47 Å². The van der Waals surface area contributed by atoms with Gasteiger partial charge < -0.3 is 16.2 Å². The molecule has 1 saturated heterocycles.